The van der Waals surface area contributed by atoms with E-state index in [2.05, 4.69) is 21.3 Å². The quantitative estimate of drug-likeness (QED) is 0.435. The lowest BCUT2D eigenvalue weighted by Gasteiger charge is -2.18. The monoisotopic (exact) mass is 400 g/mol. The van der Waals surface area contributed by atoms with Gasteiger partial charge in [-0.05, 0) is 42.8 Å². The van der Waals surface area contributed by atoms with Crippen molar-refractivity contribution in [3.63, 3.8) is 0 Å². The van der Waals surface area contributed by atoms with Crippen LogP contribution >= 0.6 is 0 Å². The van der Waals surface area contributed by atoms with Crippen molar-refractivity contribution in [2.75, 3.05) is 22.5 Å². The SMILES string of the molecule is CCNC(=O)Nc1ccc(N/C(=C2/c3ccccc3NC2O)c2ccccc2)cc1. The highest BCUT2D eigenvalue weighted by Crippen LogP contribution is 2.39. The number of para-hydroxylation sites is 1. The van der Waals surface area contributed by atoms with Gasteiger partial charge in [0.05, 0.1) is 5.70 Å². The normalized spacial score (nSPS) is 16.3. The summed E-state index contributed by atoms with van der Waals surface area (Å²) < 4.78 is 0. The van der Waals surface area contributed by atoms with Gasteiger partial charge in [-0.15, -0.1) is 0 Å². The molecular weight excluding hydrogens is 376 g/mol. The first-order valence-corrected chi connectivity index (χ1v) is 9.91. The van der Waals surface area contributed by atoms with Crippen molar-refractivity contribution in [2.24, 2.45) is 0 Å². The maximum absolute atomic E-state index is 11.7. The summed E-state index contributed by atoms with van der Waals surface area (Å²) in [5.74, 6) is 0. The third-order valence-electron chi connectivity index (χ3n) is 4.86. The van der Waals surface area contributed by atoms with Crippen LogP contribution in [0, 0.1) is 0 Å². The number of fused-ring (bicyclic) bond motifs is 1. The highest BCUT2D eigenvalue weighted by molar-refractivity contribution is 6.03. The van der Waals surface area contributed by atoms with Gasteiger partial charge in [0.15, 0.2) is 6.23 Å². The molecule has 4 rings (SSSR count). The molecule has 0 saturated heterocycles. The summed E-state index contributed by atoms with van der Waals surface area (Å²) in [6.07, 6.45) is -0.816. The van der Waals surface area contributed by atoms with E-state index in [-0.39, 0.29) is 6.03 Å². The Morgan fingerprint density at radius 3 is 2.23 bits per heavy atom. The molecule has 1 aliphatic rings. The van der Waals surface area contributed by atoms with Gasteiger partial charge in [-0.2, -0.15) is 0 Å². The zero-order valence-electron chi connectivity index (χ0n) is 16.6. The summed E-state index contributed by atoms with van der Waals surface area (Å²) in [7, 11) is 0. The van der Waals surface area contributed by atoms with Crippen molar-refractivity contribution in [3.05, 3.63) is 90.0 Å². The zero-order valence-corrected chi connectivity index (χ0v) is 16.6. The molecule has 0 fully saturated rings. The van der Waals surface area contributed by atoms with Crippen LogP contribution in [-0.2, 0) is 0 Å². The van der Waals surface area contributed by atoms with Gasteiger partial charge in [0.25, 0.3) is 0 Å². The zero-order chi connectivity index (χ0) is 20.9. The van der Waals surface area contributed by atoms with Crippen LogP contribution in [0.5, 0.6) is 0 Å². The maximum Gasteiger partial charge on any atom is 0.319 e. The summed E-state index contributed by atoms with van der Waals surface area (Å²) in [5.41, 5.74) is 6.00. The lowest BCUT2D eigenvalue weighted by atomic mass is 9.99. The Morgan fingerprint density at radius 2 is 1.53 bits per heavy atom. The summed E-state index contributed by atoms with van der Waals surface area (Å²) in [6.45, 7) is 2.44. The van der Waals surface area contributed by atoms with E-state index in [0.717, 1.165) is 33.8 Å². The minimum atomic E-state index is -0.816. The molecule has 2 amide bonds. The summed E-state index contributed by atoms with van der Waals surface area (Å²) in [6, 6.07) is 25.0. The number of urea groups is 1. The summed E-state index contributed by atoms with van der Waals surface area (Å²) in [5, 5.41) is 22.8. The van der Waals surface area contributed by atoms with Crippen molar-refractivity contribution in [1.82, 2.24) is 5.32 Å². The van der Waals surface area contributed by atoms with Crippen LogP contribution in [-0.4, -0.2) is 23.9 Å². The standard InChI is InChI=1S/C24H24N4O2/c1-2-25-24(30)27-18-14-12-17(13-15-18)26-22(16-8-4-3-5-9-16)21-19-10-6-7-11-20(19)28-23(21)29/h3-15,23,26,28-29H,2H2,1H3,(H2,25,27,30)/b22-21-. The van der Waals surface area contributed by atoms with Gasteiger partial charge in [-0.3, -0.25) is 0 Å². The fraction of sp³-hybridized carbons (Fsp3) is 0.125. The number of anilines is 3. The average molecular weight is 400 g/mol. The molecular formula is C24H24N4O2. The Bertz CT molecular complexity index is 1060. The number of rotatable bonds is 5. The predicted octanol–water partition coefficient (Wildman–Crippen LogP) is 4.55. The van der Waals surface area contributed by atoms with Crippen LogP contribution in [0.25, 0.3) is 11.3 Å². The fourth-order valence-electron chi connectivity index (χ4n) is 3.50. The number of hydrogen-bond acceptors (Lipinski definition) is 4. The Labute approximate surface area is 175 Å². The molecule has 1 heterocycles. The molecule has 1 aliphatic heterocycles. The number of aliphatic hydroxyl groups excluding tert-OH is 1. The molecule has 3 aromatic carbocycles. The maximum atomic E-state index is 11.7. The molecule has 0 spiro atoms. The van der Waals surface area contributed by atoms with E-state index >= 15 is 0 Å². The van der Waals surface area contributed by atoms with Gasteiger partial charge in [-0.25, -0.2) is 4.79 Å². The Kier molecular flexibility index (Phi) is 5.68. The fourth-order valence-corrected chi connectivity index (χ4v) is 3.50. The number of amides is 2. The van der Waals surface area contributed by atoms with E-state index in [1.165, 1.54) is 0 Å². The molecule has 30 heavy (non-hydrogen) atoms. The largest absolute Gasteiger partial charge is 0.369 e. The molecule has 0 aliphatic carbocycles. The summed E-state index contributed by atoms with van der Waals surface area (Å²) in [4.78, 5) is 11.7. The third-order valence-corrected chi connectivity index (χ3v) is 4.86. The highest BCUT2D eigenvalue weighted by Gasteiger charge is 2.28. The van der Waals surface area contributed by atoms with Gasteiger partial charge in [-0.1, -0.05) is 48.5 Å². The first-order valence-electron chi connectivity index (χ1n) is 9.91. The van der Waals surface area contributed by atoms with Crippen LogP contribution in [0.15, 0.2) is 78.9 Å². The van der Waals surface area contributed by atoms with E-state index in [9.17, 15) is 9.90 Å². The topological polar surface area (TPSA) is 85.4 Å². The number of hydrogen-bond donors (Lipinski definition) is 5. The van der Waals surface area contributed by atoms with Crippen LogP contribution in [0.4, 0.5) is 21.9 Å². The van der Waals surface area contributed by atoms with Crippen LogP contribution < -0.4 is 21.3 Å². The third kappa shape index (κ3) is 4.14. The summed E-state index contributed by atoms with van der Waals surface area (Å²) >= 11 is 0. The molecule has 0 saturated carbocycles. The van der Waals surface area contributed by atoms with Crippen molar-refractivity contribution in [2.45, 2.75) is 13.2 Å². The average Bonchev–Trinajstić information content (AvgIpc) is 3.09. The number of nitrogens with one attached hydrogen (secondary N) is 4. The molecule has 0 aromatic heterocycles. The number of aliphatic hydroxyl groups is 1. The molecule has 5 N–H and O–H groups in total. The number of carbonyl (C=O) groups excluding carboxylic acids is 1. The molecule has 152 valence electrons. The second kappa shape index (κ2) is 8.71. The van der Waals surface area contributed by atoms with Crippen molar-refractivity contribution >= 4 is 34.4 Å². The second-order valence-electron chi connectivity index (χ2n) is 6.93. The smallest absolute Gasteiger partial charge is 0.319 e. The molecule has 1 unspecified atom stereocenters. The highest BCUT2D eigenvalue weighted by atomic mass is 16.3. The minimum absolute atomic E-state index is 0.234. The predicted molar refractivity (Wildman–Crippen MR) is 122 cm³/mol. The van der Waals surface area contributed by atoms with Crippen molar-refractivity contribution < 1.29 is 9.90 Å². The number of carbonyl (C=O) groups is 1. The Hall–Kier alpha value is -3.77. The Morgan fingerprint density at radius 1 is 0.900 bits per heavy atom. The van der Waals surface area contributed by atoms with Gasteiger partial charge in [0, 0.05) is 34.7 Å². The van der Waals surface area contributed by atoms with E-state index in [1.54, 1.807) is 0 Å². The second-order valence-corrected chi connectivity index (χ2v) is 6.93. The molecule has 6 nitrogen and oxygen atoms in total. The lowest BCUT2D eigenvalue weighted by Crippen LogP contribution is -2.28. The minimum Gasteiger partial charge on any atom is -0.369 e. The van der Waals surface area contributed by atoms with E-state index < -0.39 is 6.23 Å². The van der Waals surface area contributed by atoms with E-state index in [4.69, 9.17) is 0 Å². The van der Waals surface area contributed by atoms with E-state index in [1.807, 2.05) is 85.8 Å². The van der Waals surface area contributed by atoms with Gasteiger partial charge < -0.3 is 26.4 Å². The van der Waals surface area contributed by atoms with Crippen LogP contribution in [0.1, 0.15) is 18.1 Å². The van der Waals surface area contributed by atoms with Crippen LogP contribution in [0.3, 0.4) is 0 Å². The molecule has 0 bridgehead atoms. The Balaban J connectivity index is 1.68. The number of benzene rings is 3. The van der Waals surface area contributed by atoms with Crippen molar-refractivity contribution in [1.29, 1.82) is 0 Å². The van der Waals surface area contributed by atoms with Gasteiger partial charge in [0.2, 0.25) is 0 Å². The van der Waals surface area contributed by atoms with Gasteiger partial charge >= 0.3 is 6.03 Å². The first kappa shape index (κ1) is 19.5. The molecule has 3 aromatic rings. The van der Waals surface area contributed by atoms with Crippen molar-refractivity contribution in [3.8, 4) is 0 Å². The molecule has 0 radical (unpaired) electrons. The van der Waals surface area contributed by atoms with Gasteiger partial charge in [0.1, 0.15) is 0 Å². The van der Waals surface area contributed by atoms with Crippen LogP contribution in [0.2, 0.25) is 0 Å². The lowest BCUT2D eigenvalue weighted by molar-refractivity contribution is 0.252. The van der Waals surface area contributed by atoms with E-state index in [0.29, 0.717) is 12.2 Å². The first-order chi connectivity index (χ1) is 14.7. The molecule has 6 heteroatoms. The molecule has 1 atom stereocenters.